The summed E-state index contributed by atoms with van der Waals surface area (Å²) >= 11 is 0. The summed E-state index contributed by atoms with van der Waals surface area (Å²) in [5, 5.41) is 14.4. The number of carbonyl (C=O) groups is 1. The van der Waals surface area contributed by atoms with Gasteiger partial charge in [0.2, 0.25) is 10.0 Å². The van der Waals surface area contributed by atoms with E-state index in [1.807, 2.05) is 75.4 Å². The van der Waals surface area contributed by atoms with Crippen molar-refractivity contribution in [1.29, 1.82) is 0 Å². The number of benzene rings is 4. The number of sulfonamides is 1. The molecule has 0 aliphatic heterocycles. The SMILES string of the molecule is CCOC(=O)c1ccc(-c2c(C)cc(OCCN[C@@H](C)[C@@H](O)c3ccc(OCc4ccccc4)c(NS(C)(=O)=O)c3)cc2C)cc1. The molecule has 0 heterocycles. The third-order valence-electron chi connectivity index (χ3n) is 7.38. The highest BCUT2D eigenvalue weighted by atomic mass is 32.2. The summed E-state index contributed by atoms with van der Waals surface area (Å²) in [6.45, 7) is 9.13. The zero-order chi connectivity index (χ0) is 33.3. The lowest BCUT2D eigenvalue weighted by Gasteiger charge is -2.22. The van der Waals surface area contributed by atoms with Crippen LogP contribution in [0.4, 0.5) is 5.69 Å². The predicted molar refractivity (Wildman–Crippen MR) is 181 cm³/mol. The Balaban J connectivity index is 1.34. The van der Waals surface area contributed by atoms with Crippen molar-refractivity contribution in [2.45, 2.75) is 46.4 Å². The molecule has 0 aromatic heterocycles. The third kappa shape index (κ3) is 9.56. The fraction of sp³-hybridized carbons (Fsp3) is 0.306. The second-order valence-electron chi connectivity index (χ2n) is 11.2. The Bertz CT molecular complexity index is 1700. The van der Waals surface area contributed by atoms with Crippen molar-refractivity contribution in [2.24, 2.45) is 0 Å². The van der Waals surface area contributed by atoms with Crippen molar-refractivity contribution in [3.05, 3.63) is 113 Å². The lowest BCUT2D eigenvalue weighted by Crippen LogP contribution is -2.35. The summed E-state index contributed by atoms with van der Waals surface area (Å²) in [5.41, 5.74) is 6.44. The molecule has 0 spiro atoms. The van der Waals surface area contributed by atoms with Crippen molar-refractivity contribution in [2.75, 3.05) is 30.7 Å². The molecule has 10 heteroatoms. The van der Waals surface area contributed by atoms with Crippen LogP contribution in [-0.2, 0) is 21.4 Å². The number of aryl methyl sites for hydroxylation is 2. The van der Waals surface area contributed by atoms with Gasteiger partial charge in [0.25, 0.3) is 0 Å². The first-order valence-corrected chi connectivity index (χ1v) is 17.1. The molecular weight excluding hydrogens is 604 g/mol. The van der Waals surface area contributed by atoms with E-state index in [9.17, 15) is 18.3 Å². The summed E-state index contributed by atoms with van der Waals surface area (Å²) in [4.78, 5) is 12.0. The molecule has 0 unspecified atom stereocenters. The minimum atomic E-state index is -3.58. The number of hydrogen-bond donors (Lipinski definition) is 3. The van der Waals surface area contributed by atoms with Gasteiger partial charge in [-0.2, -0.15) is 0 Å². The Morgan fingerprint density at radius 2 is 1.59 bits per heavy atom. The number of nitrogens with one attached hydrogen (secondary N) is 2. The maximum atomic E-state index is 12.1. The number of rotatable bonds is 15. The normalized spacial score (nSPS) is 12.7. The second kappa shape index (κ2) is 15.8. The van der Waals surface area contributed by atoms with Crippen molar-refractivity contribution in [1.82, 2.24) is 5.32 Å². The molecular formula is C36H42N2O7S. The molecule has 0 amide bonds. The summed E-state index contributed by atoms with van der Waals surface area (Å²) in [6.07, 6.45) is 0.157. The van der Waals surface area contributed by atoms with Crippen LogP contribution in [0.25, 0.3) is 11.1 Å². The van der Waals surface area contributed by atoms with Gasteiger partial charge in [-0.3, -0.25) is 4.72 Å². The molecule has 0 aliphatic carbocycles. The van der Waals surface area contributed by atoms with Crippen LogP contribution in [0.1, 0.15) is 52.6 Å². The number of anilines is 1. The van der Waals surface area contributed by atoms with E-state index >= 15 is 0 Å². The minimum absolute atomic E-state index is 0.259. The van der Waals surface area contributed by atoms with Gasteiger partial charge in [0.05, 0.1) is 30.2 Å². The fourth-order valence-corrected chi connectivity index (χ4v) is 5.74. The van der Waals surface area contributed by atoms with Crippen LogP contribution < -0.4 is 19.5 Å². The Kier molecular flexibility index (Phi) is 11.8. The van der Waals surface area contributed by atoms with Crippen LogP contribution in [0.2, 0.25) is 0 Å². The quantitative estimate of drug-likeness (QED) is 0.103. The Hall–Kier alpha value is -4.38. The fourth-order valence-electron chi connectivity index (χ4n) is 5.18. The number of ether oxygens (including phenoxy) is 3. The monoisotopic (exact) mass is 646 g/mol. The average molecular weight is 647 g/mol. The van der Waals surface area contributed by atoms with Crippen LogP contribution in [0.15, 0.2) is 84.9 Å². The molecule has 2 atom stereocenters. The Morgan fingerprint density at radius 3 is 2.22 bits per heavy atom. The molecule has 0 fully saturated rings. The predicted octanol–water partition coefficient (Wildman–Crippen LogP) is 6.19. The molecule has 4 aromatic rings. The molecule has 0 aliphatic rings. The molecule has 3 N–H and O–H groups in total. The van der Waals surface area contributed by atoms with E-state index in [2.05, 4.69) is 10.0 Å². The molecule has 0 bridgehead atoms. The maximum Gasteiger partial charge on any atom is 0.338 e. The highest BCUT2D eigenvalue weighted by molar-refractivity contribution is 7.92. The van der Waals surface area contributed by atoms with Crippen LogP contribution in [0, 0.1) is 13.8 Å². The van der Waals surface area contributed by atoms with Gasteiger partial charge in [-0.05, 0) is 97.5 Å². The number of aliphatic hydroxyl groups excluding tert-OH is 1. The molecule has 244 valence electrons. The highest BCUT2D eigenvalue weighted by Crippen LogP contribution is 2.32. The minimum Gasteiger partial charge on any atom is -0.492 e. The van der Waals surface area contributed by atoms with Crippen molar-refractivity contribution >= 4 is 21.7 Å². The van der Waals surface area contributed by atoms with Crippen LogP contribution in [0.3, 0.4) is 0 Å². The van der Waals surface area contributed by atoms with Crippen molar-refractivity contribution in [3.8, 4) is 22.6 Å². The lowest BCUT2D eigenvalue weighted by molar-refractivity contribution is 0.0526. The van der Waals surface area contributed by atoms with Gasteiger partial charge in [-0.25, -0.2) is 13.2 Å². The first kappa shape index (κ1) is 34.5. The average Bonchev–Trinajstić information content (AvgIpc) is 3.02. The van der Waals surface area contributed by atoms with E-state index in [4.69, 9.17) is 14.2 Å². The van der Waals surface area contributed by atoms with E-state index in [0.717, 1.165) is 39.8 Å². The molecule has 4 rings (SSSR count). The van der Waals surface area contributed by atoms with Gasteiger partial charge >= 0.3 is 5.97 Å². The molecule has 46 heavy (non-hydrogen) atoms. The topological polar surface area (TPSA) is 123 Å². The van der Waals surface area contributed by atoms with E-state index in [1.54, 1.807) is 37.3 Å². The van der Waals surface area contributed by atoms with E-state index < -0.39 is 16.1 Å². The van der Waals surface area contributed by atoms with E-state index in [-0.39, 0.29) is 24.3 Å². The molecule has 4 aromatic carbocycles. The molecule has 9 nitrogen and oxygen atoms in total. The first-order chi connectivity index (χ1) is 21.9. The largest absolute Gasteiger partial charge is 0.492 e. The van der Waals surface area contributed by atoms with Gasteiger partial charge in [0.1, 0.15) is 24.7 Å². The van der Waals surface area contributed by atoms with Gasteiger partial charge < -0.3 is 24.6 Å². The van der Waals surface area contributed by atoms with Crippen molar-refractivity contribution < 1.29 is 32.5 Å². The second-order valence-corrected chi connectivity index (χ2v) is 12.9. The van der Waals surface area contributed by atoms with Gasteiger partial charge in [-0.15, -0.1) is 0 Å². The van der Waals surface area contributed by atoms with Gasteiger partial charge in [0.15, 0.2) is 0 Å². The number of carbonyl (C=O) groups excluding carboxylic acids is 1. The number of aliphatic hydroxyl groups is 1. The van der Waals surface area contributed by atoms with Gasteiger partial charge in [-0.1, -0.05) is 48.5 Å². The van der Waals surface area contributed by atoms with Crippen LogP contribution >= 0.6 is 0 Å². The Morgan fingerprint density at radius 1 is 0.913 bits per heavy atom. The van der Waals surface area contributed by atoms with Gasteiger partial charge in [0, 0.05) is 12.6 Å². The third-order valence-corrected chi connectivity index (χ3v) is 7.97. The zero-order valence-corrected chi connectivity index (χ0v) is 27.7. The maximum absolute atomic E-state index is 12.1. The first-order valence-electron chi connectivity index (χ1n) is 15.2. The lowest BCUT2D eigenvalue weighted by atomic mass is 9.95. The smallest absolute Gasteiger partial charge is 0.338 e. The van der Waals surface area contributed by atoms with Crippen molar-refractivity contribution in [3.63, 3.8) is 0 Å². The number of esters is 1. The Labute approximate surface area is 271 Å². The summed E-state index contributed by atoms with van der Waals surface area (Å²) in [7, 11) is -3.58. The molecule has 0 radical (unpaired) electrons. The summed E-state index contributed by atoms with van der Waals surface area (Å²) in [5.74, 6) is 0.765. The molecule has 0 saturated heterocycles. The zero-order valence-electron chi connectivity index (χ0n) is 26.9. The van der Waals surface area contributed by atoms with E-state index in [1.165, 1.54) is 0 Å². The van der Waals surface area contributed by atoms with Crippen LogP contribution in [0.5, 0.6) is 11.5 Å². The summed E-state index contributed by atoms with van der Waals surface area (Å²) in [6, 6.07) is 25.6. The summed E-state index contributed by atoms with van der Waals surface area (Å²) < 4.78 is 43.6. The van der Waals surface area contributed by atoms with E-state index in [0.29, 0.717) is 36.6 Å². The number of hydrogen-bond acceptors (Lipinski definition) is 8. The standard InChI is InChI=1S/C36H42N2O7S/c1-6-43-36(40)29-14-12-28(13-15-29)34-24(2)20-31(21-25(34)3)44-19-18-37-26(4)35(39)30-16-17-33(32(22-30)38-46(5,41)42)45-23-27-10-8-7-9-11-27/h7-17,20-22,26,35,37-39H,6,18-19,23H2,1-5H3/t26-,35+/m0/s1. The highest BCUT2D eigenvalue weighted by Gasteiger charge is 2.19. The van der Waals surface area contributed by atoms with Crippen LogP contribution in [-0.4, -0.2) is 51.5 Å². The molecule has 0 saturated carbocycles.